The smallest absolute Gasteiger partial charge is 0.0714 e. The highest BCUT2D eigenvalue weighted by Gasteiger charge is 2.46. The van der Waals surface area contributed by atoms with Crippen LogP contribution in [0.4, 0.5) is 34.1 Å². The van der Waals surface area contributed by atoms with E-state index in [0.29, 0.717) is 0 Å². The Morgan fingerprint density at radius 3 is 1.28 bits per heavy atom. The van der Waals surface area contributed by atoms with Gasteiger partial charge in [-0.15, -0.1) is 0 Å². The predicted octanol–water partition coefficient (Wildman–Crippen LogP) is 20.8. The summed E-state index contributed by atoms with van der Waals surface area (Å²) in [5.41, 5.74) is 22.3. The van der Waals surface area contributed by atoms with Gasteiger partial charge in [-0.3, -0.25) is 0 Å². The van der Waals surface area contributed by atoms with Gasteiger partial charge in [0, 0.05) is 34.0 Å². The first-order valence-corrected chi connectivity index (χ1v) is 27.2. The first-order chi connectivity index (χ1) is 39.2. The van der Waals surface area contributed by atoms with Crippen molar-refractivity contribution in [2.24, 2.45) is 0 Å². The molecule has 0 saturated carbocycles. The third kappa shape index (κ3) is 8.30. The Kier molecular flexibility index (Phi) is 12.2. The molecule has 0 heterocycles. The largest absolute Gasteiger partial charge is 0.310 e. The van der Waals surface area contributed by atoms with Gasteiger partial charge >= 0.3 is 0 Å². The van der Waals surface area contributed by atoms with Gasteiger partial charge in [0.25, 0.3) is 0 Å². The van der Waals surface area contributed by atoms with Crippen LogP contribution in [0.25, 0.3) is 66.4 Å². The molecule has 2 nitrogen and oxygen atoms in total. The minimum Gasteiger partial charge on any atom is -0.310 e. The molecule has 0 aliphatic heterocycles. The summed E-state index contributed by atoms with van der Waals surface area (Å²) in [5.74, 6) is 0. The van der Waals surface area contributed by atoms with E-state index in [1.807, 2.05) is 0 Å². The third-order valence-corrected chi connectivity index (χ3v) is 15.9. The van der Waals surface area contributed by atoms with Crippen LogP contribution in [0.1, 0.15) is 22.3 Å². The van der Waals surface area contributed by atoms with Crippen LogP contribution in [0, 0.1) is 0 Å². The summed E-state index contributed by atoms with van der Waals surface area (Å²) >= 11 is 0. The van der Waals surface area contributed by atoms with Gasteiger partial charge in [-0.1, -0.05) is 267 Å². The number of benzene rings is 13. The van der Waals surface area contributed by atoms with Crippen molar-refractivity contribution in [2.75, 3.05) is 9.80 Å². The average molecular weight is 1010 g/mol. The molecule has 0 fully saturated rings. The van der Waals surface area contributed by atoms with E-state index in [9.17, 15) is 0 Å². The molecule has 0 aromatic heterocycles. The SMILES string of the molecule is c1ccc(-c2cccc(-c3ccccc3)c2-c2cc(N(c3ccccc3)c3ccc4c(c3)C(c3ccccc3)(c3ccccc3)c3ccccc3-4)cc(N(c3ccccc3)c3ccc4ccccc4c3-c3ccccc3)c2)cc1. The lowest BCUT2D eigenvalue weighted by Gasteiger charge is -2.35. The zero-order valence-electron chi connectivity index (χ0n) is 43.6. The predicted molar refractivity (Wildman–Crippen MR) is 332 cm³/mol. The number of fused-ring (bicyclic) bond motifs is 4. The quantitative estimate of drug-likeness (QED) is 0.120. The van der Waals surface area contributed by atoms with Crippen molar-refractivity contribution in [1.29, 1.82) is 0 Å². The highest BCUT2D eigenvalue weighted by molar-refractivity contribution is 6.06. The fourth-order valence-electron chi connectivity index (χ4n) is 12.5. The maximum atomic E-state index is 2.48. The van der Waals surface area contributed by atoms with Crippen molar-refractivity contribution in [3.05, 3.63) is 350 Å². The molecule has 0 spiro atoms. The van der Waals surface area contributed by atoms with Crippen LogP contribution in [0.2, 0.25) is 0 Å². The number of hydrogen-bond acceptors (Lipinski definition) is 2. The molecule has 1 aliphatic rings. The maximum absolute atomic E-state index is 2.48. The lowest BCUT2D eigenvalue weighted by molar-refractivity contribution is 0.768. The summed E-state index contributed by atoms with van der Waals surface area (Å²) in [4.78, 5) is 4.96. The number of hydrogen-bond donors (Lipinski definition) is 0. The number of anilines is 6. The van der Waals surface area contributed by atoms with Gasteiger partial charge in [0.2, 0.25) is 0 Å². The van der Waals surface area contributed by atoms with Crippen LogP contribution in [0.5, 0.6) is 0 Å². The van der Waals surface area contributed by atoms with E-state index in [1.54, 1.807) is 0 Å². The van der Waals surface area contributed by atoms with Crippen molar-refractivity contribution in [3.63, 3.8) is 0 Å². The van der Waals surface area contributed by atoms with Gasteiger partial charge in [-0.2, -0.15) is 0 Å². The molecule has 13 aromatic carbocycles. The van der Waals surface area contributed by atoms with E-state index >= 15 is 0 Å². The maximum Gasteiger partial charge on any atom is 0.0714 e. The molecule has 0 unspecified atom stereocenters. The summed E-state index contributed by atoms with van der Waals surface area (Å²) in [6.45, 7) is 0. The summed E-state index contributed by atoms with van der Waals surface area (Å²) in [7, 11) is 0. The first-order valence-electron chi connectivity index (χ1n) is 27.2. The average Bonchev–Trinajstić information content (AvgIpc) is 3.67. The topological polar surface area (TPSA) is 6.48 Å². The molecular weight excluding hydrogens is 953 g/mol. The number of para-hydroxylation sites is 2. The second-order valence-electron chi connectivity index (χ2n) is 20.3. The molecule has 0 radical (unpaired) electrons. The van der Waals surface area contributed by atoms with Crippen molar-refractivity contribution in [3.8, 4) is 55.6 Å². The van der Waals surface area contributed by atoms with Crippen LogP contribution >= 0.6 is 0 Å². The Morgan fingerprint density at radius 1 is 0.228 bits per heavy atom. The van der Waals surface area contributed by atoms with E-state index in [0.717, 1.165) is 73.1 Å². The second kappa shape index (κ2) is 20.3. The molecule has 0 saturated heterocycles. The van der Waals surface area contributed by atoms with E-state index in [2.05, 4.69) is 337 Å². The minimum absolute atomic E-state index is 0.590. The van der Waals surface area contributed by atoms with Gasteiger partial charge in [0.05, 0.1) is 11.1 Å². The van der Waals surface area contributed by atoms with Crippen molar-refractivity contribution < 1.29 is 0 Å². The molecule has 1 aliphatic carbocycles. The highest BCUT2D eigenvalue weighted by atomic mass is 15.2. The van der Waals surface area contributed by atoms with Crippen LogP contribution in [0.15, 0.2) is 328 Å². The summed E-state index contributed by atoms with van der Waals surface area (Å²) in [6.07, 6.45) is 0. The fourth-order valence-corrected chi connectivity index (χ4v) is 12.5. The molecule has 0 bridgehead atoms. The lowest BCUT2D eigenvalue weighted by Crippen LogP contribution is -2.28. The van der Waals surface area contributed by atoms with E-state index in [-0.39, 0.29) is 0 Å². The van der Waals surface area contributed by atoms with Crippen LogP contribution in [-0.4, -0.2) is 0 Å². The van der Waals surface area contributed by atoms with Crippen molar-refractivity contribution in [1.82, 2.24) is 0 Å². The monoisotopic (exact) mass is 1010 g/mol. The summed E-state index contributed by atoms with van der Waals surface area (Å²) in [6, 6.07) is 120. The standard InChI is InChI=1S/C77H54N2/c1-8-27-55(28-9-1)67-44-26-45-68(56-29-10-2-11-30-56)75(67)59-51-65(53-66(52-59)79(63-40-20-7-21-41-63)74-50-47-57-31-22-23-42-69(57)76(74)58-32-12-3-13-33-58)78(62-38-18-6-19-39-62)64-48-49-71-70-43-24-25-46-72(70)77(73(71)54-64,60-34-14-4-15-35-60)61-36-16-5-17-37-61/h1-54H. The number of nitrogens with zero attached hydrogens (tertiary/aromatic N) is 2. The van der Waals surface area contributed by atoms with Crippen molar-refractivity contribution >= 4 is 44.9 Å². The molecule has 79 heavy (non-hydrogen) atoms. The minimum atomic E-state index is -0.590. The molecule has 13 aromatic rings. The normalized spacial score (nSPS) is 12.2. The summed E-state index contributed by atoms with van der Waals surface area (Å²) in [5, 5.41) is 2.38. The Balaban J connectivity index is 1.10. The van der Waals surface area contributed by atoms with Gasteiger partial charge < -0.3 is 9.80 Å². The zero-order valence-corrected chi connectivity index (χ0v) is 43.6. The van der Waals surface area contributed by atoms with Crippen molar-refractivity contribution in [2.45, 2.75) is 5.41 Å². The molecule has 0 atom stereocenters. The second-order valence-corrected chi connectivity index (χ2v) is 20.3. The van der Waals surface area contributed by atoms with Gasteiger partial charge in [0.1, 0.15) is 0 Å². The van der Waals surface area contributed by atoms with Crippen LogP contribution < -0.4 is 9.80 Å². The molecule has 372 valence electrons. The zero-order chi connectivity index (χ0) is 52.5. The van der Waals surface area contributed by atoms with Crippen LogP contribution in [0.3, 0.4) is 0 Å². The van der Waals surface area contributed by atoms with Crippen LogP contribution in [-0.2, 0) is 5.41 Å². The first kappa shape index (κ1) is 47.2. The van der Waals surface area contributed by atoms with Gasteiger partial charge in [-0.25, -0.2) is 0 Å². The molecule has 14 rings (SSSR count). The lowest BCUT2D eigenvalue weighted by atomic mass is 9.67. The molecule has 0 N–H and O–H groups in total. The molecule has 0 amide bonds. The van der Waals surface area contributed by atoms with E-state index < -0.39 is 5.41 Å². The van der Waals surface area contributed by atoms with Gasteiger partial charge in [0.15, 0.2) is 0 Å². The summed E-state index contributed by atoms with van der Waals surface area (Å²) < 4.78 is 0. The van der Waals surface area contributed by atoms with Gasteiger partial charge in [-0.05, 0) is 144 Å². The fraction of sp³-hybridized carbons (Fsp3) is 0.0130. The Morgan fingerprint density at radius 2 is 0.684 bits per heavy atom. The molecule has 2 heteroatoms. The highest BCUT2D eigenvalue weighted by Crippen LogP contribution is 2.58. The Hall–Kier alpha value is -10.3. The number of rotatable bonds is 12. The third-order valence-electron chi connectivity index (χ3n) is 15.9. The van der Waals surface area contributed by atoms with E-state index in [1.165, 1.54) is 49.7 Å². The Bertz CT molecular complexity index is 4180. The Labute approximate surface area is 463 Å². The van der Waals surface area contributed by atoms with E-state index in [4.69, 9.17) is 0 Å². The molecular formula is C77H54N2.